The van der Waals surface area contributed by atoms with Crippen LogP contribution in [0, 0.1) is 6.92 Å². The fourth-order valence-electron chi connectivity index (χ4n) is 2.42. The summed E-state index contributed by atoms with van der Waals surface area (Å²) < 4.78 is 11.2. The van der Waals surface area contributed by atoms with Crippen LogP contribution in [0.25, 0.3) is 21.9 Å². The molecular formula is C14H14O2. The first kappa shape index (κ1) is 9.52. The van der Waals surface area contributed by atoms with E-state index in [1.807, 2.05) is 12.1 Å². The van der Waals surface area contributed by atoms with Gasteiger partial charge >= 0.3 is 0 Å². The molecule has 3 aromatic rings. The van der Waals surface area contributed by atoms with Gasteiger partial charge in [0.1, 0.15) is 11.2 Å². The second-order valence-electron chi connectivity index (χ2n) is 4.18. The summed E-state index contributed by atoms with van der Waals surface area (Å²) in [5.74, 6) is 0. The van der Waals surface area contributed by atoms with E-state index in [4.69, 9.17) is 8.83 Å². The molecule has 0 aliphatic carbocycles. The van der Waals surface area contributed by atoms with Gasteiger partial charge in [0.25, 0.3) is 0 Å². The third-order valence-electron chi connectivity index (χ3n) is 3.17. The molecule has 0 spiro atoms. The molecule has 16 heavy (non-hydrogen) atoms. The van der Waals surface area contributed by atoms with Crippen LogP contribution in [0.4, 0.5) is 0 Å². The van der Waals surface area contributed by atoms with Crippen molar-refractivity contribution in [3.63, 3.8) is 0 Å². The van der Waals surface area contributed by atoms with Crippen molar-refractivity contribution < 1.29 is 8.83 Å². The number of hydrogen-bond donors (Lipinski definition) is 0. The van der Waals surface area contributed by atoms with Gasteiger partial charge in [-0.3, -0.25) is 0 Å². The van der Waals surface area contributed by atoms with Crippen LogP contribution in [-0.4, -0.2) is 0 Å². The lowest BCUT2D eigenvalue weighted by molar-refractivity contribution is 0.607. The maximum Gasteiger partial charge on any atom is 0.138 e. The molecule has 0 N–H and O–H groups in total. The minimum absolute atomic E-state index is 0.998. The van der Waals surface area contributed by atoms with Crippen molar-refractivity contribution in [2.45, 2.75) is 26.7 Å². The van der Waals surface area contributed by atoms with E-state index in [2.05, 4.69) is 13.8 Å². The Morgan fingerprint density at radius 1 is 1.00 bits per heavy atom. The van der Waals surface area contributed by atoms with E-state index in [1.165, 1.54) is 21.9 Å². The number of furan rings is 2. The molecule has 0 bridgehead atoms. The summed E-state index contributed by atoms with van der Waals surface area (Å²) in [6.07, 6.45) is 5.66. The van der Waals surface area contributed by atoms with Crippen LogP contribution in [0.3, 0.4) is 0 Å². The highest BCUT2D eigenvalue weighted by Crippen LogP contribution is 2.34. The number of rotatable bonds is 2. The van der Waals surface area contributed by atoms with Crippen LogP contribution < -0.4 is 0 Å². The lowest BCUT2D eigenvalue weighted by atomic mass is 9.99. The van der Waals surface area contributed by atoms with E-state index < -0.39 is 0 Å². The molecule has 2 heterocycles. The Bertz CT molecular complexity index is 591. The highest BCUT2D eigenvalue weighted by molar-refractivity contribution is 6.01. The third kappa shape index (κ3) is 1.13. The molecule has 0 saturated carbocycles. The Kier molecular flexibility index (Phi) is 2.03. The van der Waals surface area contributed by atoms with Gasteiger partial charge in [0.05, 0.1) is 12.5 Å². The zero-order valence-electron chi connectivity index (χ0n) is 9.54. The summed E-state index contributed by atoms with van der Waals surface area (Å²) >= 11 is 0. The molecule has 0 unspecified atom stereocenters. The molecule has 0 saturated heterocycles. The quantitative estimate of drug-likeness (QED) is 0.630. The summed E-state index contributed by atoms with van der Waals surface area (Å²) in [5.41, 5.74) is 4.46. The van der Waals surface area contributed by atoms with Crippen molar-refractivity contribution >= 4 is 21.9 Å². The molecular weight excluding hydrogens is 200 g/mol. The standard InChI is InChI=1S/C14H14O2/c1-3-4-11-12-6-8-15-13(12)9(2)10-5-7-16-14(10)11/h5-8H,3-4H2,1-2H3. The maximum atomic E-state index is 5.62. The van der Waals surface area contributed by atoms with Crippen molar-refractivity contribution in [3.05, 3.63) is 35.8 Å². The highest BCUT2D eigenvalue weighted by atomic mass is 16.3. The minimum Gasteiger partial charge on any atom is -0.464 e. The Labute approximate surface area is 93.8 Å². The predicted molar refractivity (Wildman–Crippen MR) is 64.7 cm³/mol. The van der Waals surface area contributed by atoms with Crippen molar-refractivity contribution in [3.8, 4) is 0 Å². The average Bonchev–Trinajstić information content (AvgIpc) is 2.92. The summed E-state index contributed by atoms with van der Waals surface area (Å²) in [5, 5.41) is 2.37. The minimum atomic E-state index is 0.998. The second-order valence-corrected chi connectivity index (χ2v) is 4.18. The molecule has 2 heteroatoms. The predicted octanol–water partition coefficient (Wildman–Crippen LogP) is 4.44. The molecule has 1 aromatic carbocycles. The zero-order valence-corrected chi connectivity index (χ0v) is 9.54. The molecule has 0 fully saturated rings. The lowest BCUT2D eigenvalue weighted by Gasteiger charge is -2.05. The second kappa shape index (κ2) is 3.41. The van der Waals surface area contributed by atoms with Gasteiger partial charge in [-0.15, -0.1) is 0 Å². The topological polar surface area (TPSA) is 26.3 Å². The van der Waals surface area contributed by atoms with E-state index in [-0.39, 0.29) is 0 Å². The van der Waals surface area contributed by atoms with E-state index in [0.29, 0.717) is 0 Å². The Balaban J connectivity index is 2.51. The van der Waals surface area contributed by atoms with Crippen LogP contribution in [0.1, 0.15) is 24.5 Å². The van der Waals surface area contributed by atoms with Gasteiger partial charge < -0.3 is 8.83 Å². The largest absolute Gasteiger partial charge is 0.464 e. The van der Waals surface area contributed by atoms with Gasteiger partial charge in [-0.05, 0) is 25.5 Å². The fourth-order valence-corrected chi connectivity index (χ4v) is 2.42. The number of benzene rings is 1. The van der Waals surface area contributed by atoms with Gasteiger partial charge in [0.2, 0.25) is 0 Å². The highest BCUT2D eigenvalue weighted by Gasteiger charge is 2.15. The monoisotopic (exact) mass is 214 g/mol. The normalized spacial score (nSPS) is 11.6. The number of aryl methyl sites for hydroxylation is 2. The molecule has 0 amide bonds. The van der Waals surface area contributed by atoms with E-state index in [9.17, 15) is 0 Å². The molecule has 82 valence electrons. The van der Waals surface area contributed by atoms with Crippen LogP contribution in [-0.2, 0) is 6.42 Å². The Hall–Kier alpha value is -1.70. The molecule has 0 aliphatic heterocycles. The van der Waals surface area contributed by atoms with E-state index >= 15 is 0 Å². The summed E-state index contributed by atoms with van der Waals surface area (Å²) in [7, 11) is 0. The maximum absolute atomic E-state index is 5.62. The van der Waals surface area contributed by atoms with Gasteiger partial charge in [0, 0.05) is 21.9 Å². The van der Waals surface area contributed by atoms with Crippen molar-refractivity contribution in [2.75, 3.05) is 0 Å². The van der Waals surface area contributed by atoms with Crippen molar-refractivity contribution in [1.29, 1.82) is 0 Å². The first-order valence-electron chi connectivity index (χ1n) is 5.68. The van der Waals surface area contributed by atoms with Crippen LogP contribution in [0.15, 0.2) is 33.5 Å². The van der Waals surface area contributed by atoms with Crippen molar-refractivity contribution in [1.82, 2.24) is 0 Å². The zero-order chi connectivity index (χ0) is 11.1. The van der Waals surface area contributed by atoms with Crippen LogP contribution >= 0.6 is 0 Å². The van der Waals surface area contributed by atoms with Crippen molar-refractivity contribution in [2.24, 2.45) is 0 Å². The Morgan fingerprint density at radius 3 is 2.44 bits per heavy atom. The van der Waals surface area contributed by atoms with Gasteiger partial charge in [-0.2, -0.15) is 0 Å². The summed E-state index contributed by atoms with van der Waals surface area (Å²) in [6.45, 7) is 4.26. The van der Waals surface area contributed by atoms with Gasteiger partial charge in [0.15, 0.2) is 0 Å². The van der Waals surface area contributed by atoms with E-state index in [1.54, 1.807) is 12.5 Å². The third-order valence-corrected chi connectivity index (χ3v) is 3.17. The van der Waals surface area contributed by atoms with Gasteiger partial charge in [-0.25, -0.2) is 0 Å². The summed E-state index contributed by atoms with van der Waals surface area (Å²) in [6, 6.07) is 4.06. The molecule has 0 aliphatic rings. The molecule has 2 aromatic heterocycles. The SMILES string of the molecule is CCCc1c2ccoc2c(C)c2ccoc12. The molecule has 2 nitrogen and oxygen atoms in total. The smallest absolute Gasteiger partial charge is 0.138 e. The average molecular weight is 214 g/mol. The Morgan fingerprint density at radius 2 is 1.69 bits per heavy atom. The number of fused-ring (bicyclic) bond motifs is 2. The van der Waals surface area contributed by atoms with E-state index in [0.717, 1.165) is 24.0 Å². The number of hydrogen-bond acceptors (Lipinski definition) is 2. The molecule has 3 rings (SSSR count). The first-order valence-corrected chi connectivity index (χ1v) is 5.68. The van der Waals surface area contributed by atoms with Gasteiger partial charge in [-0.1, -0.05) is 13.3 Å². The summed E-state index contributed by atoms with van der Waals surface area (Å²) in [4.78, 5) is 0. The molecule has 0 atom stereocenters. The molecule has 0 radical (unpaired) electrons. The van der Waals surface area contributed by atoms with Crippen LogP contribution in [0.2, 0.25) is 0 Å². The van der Waals surface area contributed by atoms with Crippen LogP contribution in [0.5, 0.6) is 0 Å². The first-order chi connectivity index (χ1) is 7.83. The lowest BCUT2D eigenvalue weighted by Crippen LogP contribution is -1.88. The fraction of sp³-hybridized carbons (Fsp3) is 0.286.